The van der Waals surface area contributed by atoms with Crippen LogP contribution in [0.25, 0.3) is 0 Å². The number of nitrogens with zero attached hydrogens (tertiary/aromatic N) is 2. The maximum Gasteiger partial charge on any atom is 0.243 e. The molecule has 0 bridgehead atoms. The van der Waals surface area contributed by atoms with Gasteiger partial charge in [-0.15, -0.1) is 0 Å². The number of amides is 1. The van der Waals surface area contributed by atoms with E-state index in [0.29, 0.717) is 17.7 Å². The first-order valence-corrected chi connectivity index (χ1v) is 7.50. The molecule has 7 heteroatoms. The highest BCUT2D eigenvalue weighted by Crippen LogP contribution is 2.18. The summed E-state index contributed by atoms with van der Waals surface area (Å²) in [6.45, 7) is 3.63. The molecule has 0 saturated carbocycles. The molecule has 0 spiro atoms. The van der Waals surface area contributed by atoms with E-state index < -0.39 is 10.0 Å². The fourth-order valence-electron chi connectivity index (χ4n) is 1.64. The first-order valence-electron chi connectivity index (χ1n) is 6.06. The summed E-state index contributed by atoms with van der Waals surface area (Å²) >= 11 is 0. The average molecular weight is 295 g/mol. The number of carbonyl (C=O) groups is 1. The quantitative estimate of drug-likeness (QED) is 0.862. The molecule has 0 aromatic heterocycles. The van der Waals surface area contributed by atoms with Gasteiger partial charge in [0.2, 0.25) is 15.9 Å². The molecule has 0 heterocycles. The summed E-state index contributed by atoms with van der Waals surface area (Å²) in [7, 11) is -2.39. The van der Waals surface area contributed by atoms with E-state index in [1.165, 1.54) is 25.2 Å². The molecule has 1 N–H and O–H groups in total. The van der Waals surface area contributed by atoms with E-state index in [9.17, 15) is 13.2 Å². The van der Waals surface area contributed by atoms with Gasteiger partial charge in [0.1, 0.15) is 0 Å². The Morgan fingerprint density at radius 2 is 2.10 bits per heavy atom. The van der Waals surface area contributed by atoms with Gasteiger partial charge < -0.3 is 5.32 Å². The minimum absolute atomic E-state index is 0.0702. The van der Waals surface area contributed by atoms with Crippen LogP contribution in [0.3, 0.4) is 0 Å². The van der Waals surface area contributed by atoms with Crippen molar-refractivity contribution in [2.45, 2.75) is 18.7 Å². The van der Waals surface area contributed by atoms with Crippen molar-refractivity contribution in [2.75, 3.05) is 20.1 Å². The van der Waals surface area contributed by atoms with Gasteiger partial charge in [-0.2, -0.15) is 9.57 Å². The molecule has 6 nitrogen and oxygen atoms in total. The minimum Gasteiger partial charge on any atom is -0.355 e. The van der Waals surface area contributed by atoms with Gasteiger partial charge in [0.15, 0.2) is 0 Å². The number of likely N-dealkylation sites (N-methyl/N-ethyl adjacent to an activating group) is 2. The Morgan fingerprint density at radius 3 is 2.60 bits per heavy atom. The molecule has 0 aliphatic rings. The van der Waals surface area contributed by atoms with E-state index in [0.717, 1.165) is 4.31 Å². The number of benzene rings is 1. The highest BCUT2D eigenvalue weighted by atomic mass is 32.2. The summed E-state index contributed by atoms with van der Waals surface area (Å²) < 4.78 is 25.6. The van der Waals surface area contributed by atoms with Crippen LogP contribution in [0.15, 0.2) is 23.1 Å². The number of hydrogen-bond donors (Lipinski definition) is 1. The topological polar surface area (TPSA) is 90.3 Å². The Labute approximate surface area is 119 Å². The van der Waals surface area contributed by atoms with Gasteiger partial charge in [-0.1, -0.05) is 0 Å². The SMILES string of the molecule is CCNC(=O)CN(C)S(=O)(=O)c1ccc(C#N)c(C)c1. The van der Waals surface area contributed by atoms with Crippen molar-refractivity contribution in [1.82, 2.24) is 9.62 Å². The third-order valence-electron chi connectivity index (χ3n) is 2.77. The number of hydrogen-bond acceptors (Lipinski definition) is 4. The van der Waals surface area contributed by atoms with Gasteiger partial charge in [0, 0.05) is 13.6 Å². The fourth-order valence-corrected chi connectivity index (χ4v) is 2.86. The van der Waals surface area contributed by atoms with E-state index in [-0.39, 0.29) is 17.3 Å². The number of rotatable bonds is 5. The van der Waals surface area contributed by atoms with Crippen molar-refractivity contribution in [1.29, 1.82) is 5.26 Å². The molecular formula is C13H17N3O3S. The number of nitriles is 1. The van der Waals surface area contributed by atoms with Gasteiger partial charge in [0.05, 0.1) is 23.1 Å². The van der Waals surface area contributed by atoms with Crippen molar-refractivity contribution in [3.8, 4) is 6.07 Å². The van der Waals surface area contributed by atoms with E-state index in [2.05, 4.69) is 5.32 Å². The summed E-state index contributed by atoms with van der Waals surface area (Å²) in [5, 5.41) is 11.4. The van der Waals surface area contributed by atoms with Gasteiger partial charge in [-0.25, -0.2) is 8.42 Å². The lowest BCUT2D eigenvalue weighted by Crippen LogP contribution is -2.38. The number of nitrogens with one attached hydrogen (secondary N) is 1. The first-order chi connectivity index (χ1) is 9.32. The number of sulfonamides is 1. The highest BCUT2D eigenvalue weighted by Gasteiger charge is 2.23. The molecular weight excluding hydrogens is 278 g/mol. The van der Waals surface area contributed by atoms with Crippen molar-refractivity contribution >= 4 is 15.9 Å². The lowest BCUT2D eigenvalue weighted by Gasteiger charge is -2.17. The molecule has 1 aromatic rings. The second-order valence-corrected chi connectivity index (χ2v) is 6.35. The van der Waals surface area contributed by atoms with Crippen molar-refractivity contribution in [2.24, 2.45) is 0 Å². The Hall–Kier alpha value is -1.91. The summed E-state index contributed by atoms with van der Waals surface area (Å²) in [5.41, 5.74) is 1.01. The van der Waals surface area contributed by atoms with Crippen LogP contribution in [0.4, 0.5) is 0 Å². The maximum atomic E-state index is 12.3. The summed E-state index contributed by atoms with van der Waals surface area (Å²) in [6.07, 6.45) is 0. The molecule has 1 amide bonds. The highest BCUT2D eigenvalue weighted by molar-refractivity contribution is 7.89. The summed E-state index contributed by atoms with van der Waals surface area (Å²) in [4.78, 5) is 11.5. The van der Waals surface area contributed by atoms with E-state index >= 15 is 0 Å². The largest absolute Gasteiger partial charge is 0.355 e. The van der Waals surface area contributed by atoms with Crippen LogP contribution in [0.1, 0.15) is 18.1 Å². The Bertz CT molecular complexity index is 647. The Kier molecular flexibility index (Phi) is 5.25. The Morgan fingerprint density at radius 1 is 1.45 bits per heavy atom. The van der Waals surface area contributed by atoms with Crippen molar-refractivity contribution in [3.63, 3.8) is 0 Å². The second-order valence-electron chi connectivity index (χ2n) is 4.30. The van der Waals surface area contributed by atoms with Crippen molar-refractivity contribution in [3.05, 3.63) is 29.3 Å². The van der Waals surface area contributed by atoms with Crippen LogP contribution >= 0.6 is 0 Å². The maximum absolute atomic E-state index is 12.3. The zero-order valence-corrected chi connectivity index (χ0v) is 12.5. The van der Waals surface area contributed by atoms with Crippen molar-refractivity contribution < 1.29 is 13.2 Å². The van der Waals surface area contributed by atoms with Crippen LogP contribution in [0.5, 0.6) is 0 Å². The minimum atomic E-state index is -3.74. The lowest BCUT2D eigenvalue weighted by atomic mass is 10.1. The Balaban J connectivity index is 3.02. The van der Waals surface area contributed by atoms with E-state index in [1.807, 2.05) is 6.07 Å². The predicted molar refractivity (Wildman–Crippen MR) is 74.4 cm³/mol. The van der Waals surface area contributed by atoms with Crippen LogP contribution in [-0.2, 0) is 14.8 Å². The lowest BCUT2D eigenvalue weighted by molar-refractivity contribution is -0.121. The zero-order chi connectivity index (χ0) is 15.3. The molecule has 0 saturated heterocycles. The van der Waals surface area contributed by atoms with Gasteiger partial charge in [-0.05, 0) is 37.6 Å². The van der Waals surface area contributed by atoms with Gasteiger partial charge >= 0.3 is 0 Å². The number of aryl methyl sites for hydroxylation is 1. The third kappa shape index (κ3) is 3.56. The predicted octanol–water partition coefficient (Wildman–Crippen LogP) is 0.623. The molecule has 0 atom stereocenters. The normalized spacial score (nSPS) is 11.2. The molecule has 108 valence electrons. The van der Waals surface area contributed by atoms with E-state index in [1.54, 1.807) is 13.8 Å². The molecule has 20 heavy (non-hydrogen) atoms. The third-order valence-corrected chi connectivity index (χ3v) is 4.57. The fraction of sp³-hybridized carbons (Fsp3) is 0.385. The second kappa shape index (κ2) is 6.50. The first kappa shape index (κ1) is 16.1. The molecule has 1 rings (SSSR count). The van der Waals surface area contributed by atoms with Crippen LogP contribution in [0, 0.1) is 18.3 Å². The molecule has 0 radical (unpaired) electrons. The van der Waals surface area contributed by atoms with Crippen LogP contribution in [-0.4, -0.2) is 38.8 Å². The molecule has 0 aliphatic carbocycles. The molecule has 1 aromatic carbocycles. The zero-order valence-electron chi connectivity index (χ0n) is 11.7. The standard InChI is InChI=1S/C13H17N3O3S/c1-4-15-13(17)9-16(3)20(18,19)12-6-5-11(8-14)10(2)7-12/h5-7H,4,9H2,1-3H3,(H,15,17). The van der Waals surface area contributed by atoms with Gasteiger partial charge in [-0.3, -0.25) is 4.79 Å². The van der Waals surface area contributed by atoms with Gasteiger partial charge in [0.25, 0.3) is 0 Å². The van der Waals surface area contributed by atoms with E-state index in [4.69, 9.17) is 5.26 Å². The van der Waals surface area contributed by atoms with Crippen LogP contribution in [0.2, 0.25) is 0 Å². The molecule has 0 aliphatic heterocycles. The van der Waals surface area contributed by atoms with Crippen LogP contribution < -0.4 is 5.32 Å². The molecule has 0 unspecified atom stereocenters. The smallest absolute Gasteiger partial charge is 0.243 e. The molecule has 0 fully saturated rings. The summed E-state index contributed by atoms with van der Waals surface area (Å²) in [6, 6.07) is 6.24. The summed E-state index contributed by atoms with van der Waals surface area (Å²) in [5.74, 6) is -0.357. The monoisotopic (exact) mass is 295 g/mol. The number of carbonyl (C=O) groups excluding carboxylic acids is 1. The average Bonchev–Trinajstić information content (AvgIpc) is 2.38.